The Morgan fingerprint density at radius 3 is 2.60 bits per heavy atom. The van der Waals surface area contributed by atoms with Gasteiger partial charge in [-0.05, 0) is 49.3 Å². The number of hydrogen-bond donors (Lipinski definition) is 1. The largest absolute Gasteiger partial charge is 0.458 e. The molecule has 1 fully saturated rings. The monoisotopic (exact) mass is 296 g/mol. The third-order valence-electron chi connectivity index (χ3n) is 3.91. The molecule has 1 rings (SSSR count). The van der Waals surface area contributed by atoms with Crippen LogP contribution in [0.5, 0.6) is 0 Å². The van der Waals surface area contributed by atoms with Crippen molar-refractivity contribution in [2.45, 2.75) is 53.1 Å². The fraction of sp³-hybridized carbons (Fsp3) is 0.733. The summed E-state index contributed by atoms with van der Waals surface area (Å²) in [5.41, 5.74) is 6.00. The molecule has 0 amide bonds. The molecule has 5 heteroatoms. The Kier molecular flexibility index (Phi) is 6.41. The van der Waals surface area contributed by atoms with Crippen LogP contribution in [0.2, 0.25) is 0 Å². The summed E-state index contributed by atoms with van der Waals surface area (Å²) >= 11 is 0.777. The third-order valence-corrected chi connectivity index (χ3v) is 4.70. The topological polar surface area (TPSA) is 76.1 Å². The van der Waals surface area contributed by atoms with Crippen LogP contribution >= 0.6 is 11.8 Å². The Labute approximate surface area is 125 Å². The average molecular weight is 296 g/mol. The first-order valence-electron chi connectivity index (χ1n) is 7.10. The smallest absolute Gasteiger partial charge is 0.347 e. The van der Waals surface area contributed by atoms with Gasteiger partial charge in [0.1, 0.15) is 16.4 Å². The number of esters is 1. The van der Waals surface area contributed by atoms with Gasteiger partial charge in [-0.2, -0.15) is 5.26 Å². The van der Waals surface area contributed by atoms with Gasteiger partial charge in [-0.25, -0.2) is 4.79 Å². The Morgan fingerprint density at radius 1 is 1.45 bits per heavy atom. The fourth-order valence-corrected chi connectivity index (χ4v) is 3.15. The van der Waals surface area contributed by atoms with Gasteiger partial charge in [-0.1, -0.05) is 27.2 Å². The Morgan fingerprint density at radius 2 is 2.10 bits per heavy atom. The standard InChI is InChI=1S/C15H24N2O2S/c1-9(2)12-6-5-10(3)7-13(12)19-15(18)14(11(4)17)20-8-16/h9-10,12-13H,5-7,17H2,1-4H3. The van der Waals surface area contributed by atoms with Crippen molar-refractivity contribution in [3.63, 3.8) is 0 Å². The normalized spacial score (nSPS) is 27.7. The van der Waals surface area contributed by atoms with Crippen LogP contribution in [0.15, 0.2) is 10.6 Å². The maximum Gasteiger partial charge on any atom is 0.347 e. The van der Waals surface area contributed by atoms with Crippen molar-refractivity contribution in [2.75, 3.05) is 0 Å². The molecule has 0 aromatic heterocycles. The van der Waals surface area contributed by atoms with Crippen molar-refractivity contribution in [3.8, 4) is 5.40 Å². The van der Waals surface area contributed by atoms with Gasteiger partial charge in [0.05, 0.1) is 0 Å². The molecule has 0 saturated heterocycles. The highest BCUT2D eigenvalue weighted by molar-refractivity contribution is 8.08. The van der Waals surface area contributed by atoms with Crippen LogP contribution in [0.3, 0.4) is 0 Å². The minimum absolute atomic E-state index is 0.0695. The van der Waals surface area contributed by atoms with E-state index in [0.29, 0.717) is 23.5 Å². The molecule has 0 heterocycles. The van der Waals surface area contributed by atoms with Gasteiger partial charge in [0.2, 0.25) is 0 Å². The molecule has 0 spiro atoms. The van der Waals surface area contributed by atoms with E-state index in [1.807, 2.05) is 5.40 Å². The minimum atomic E-state index is -0.457. The van der Waals surface area contributed by atoms with Crippen LogP contribution in [0.4, 0.5) is 0 Å². The van der Waals surface area contributed by atoms with E-state index in [0.717, 1.165) is 24.6 Å². The molecule has 0 aromatic carbocycles. The molecule has 2 N–H and O–H groups in total. The van der Waals surface area contributed by atoms with E-state index in [-0.39, 0.29) is 11.0 Å². The molecule has 20 heavy (non-hydrogen) atoms. The lowest BCUT2D eigenvalue weighted by atomic mass is 9.75. The summed E-state index contributed by atoms with van der Waals surface area (Å²) in [5, 5.41) is 10.6. The van der Waals surface area contributed by atoms with E-state index >= 15 is 0 Å². The van der Waals surface area contributed by atoms with Crippen LogP contribution in [0.25, 0.3) is 0 Å². The van der Waals surface area contributed by atoms with Crippen molar-refractivity contribution >= 4 is 17.7 Å². The molecule has 4 nitrogen and oxygen atoms in total. The summed E-state index contributed by atoms with van der Waals surface area (Å²) in [5.74, 6) is 0.982. The van der Waals surface area contributed by atoms with Crippen molar-refractivity contribution in [3.05, 3.63) is 10.6 Å². The van der Waals surface area contributed by atoms with Crippen molar-refractivity contribution in [1.29, 1.82) is 5.26 Å². The minimum Gasteiger partial charge on any atom is -0.458 e. The van der Waals surface area contributed by atoms with E-state index in [9.17, 15) is 4.79 Å². The van der Waals surface area contributed by atoms with E-state index in [4.69, 9.17) is 15.7 Å². The first-order valence-corrected chi connectivity index (χ1v) is 7.91. The predicted molar refractivity (Wildman–Crippen MR) is 81.3 cm³/mol. The van der Waals surface area contributed by atoms with Crippen LogP contribution < -0.4 is 5.73 Å². The number of hydrogen-bond acceptors (Lipinski definition) is 5. The summed E-state index contributed by atoms with van der Waals surface area (Å²) < 4.78 is 5.66. The number of carbonyl (C=O) groups excluding carboxylic acids is 1. The Balaban J connectivity index is 2.80. The maximum absolute atomic E-state index is 12.2. The van der Waals surface area contributed by atoms with Crippen LogP contribution in [0.1, 0.15) is 47.0 Å². The van der Waals surface area contributed by atoms with Gasteiger partial charge < -0.3 is 10.5 Å². The first kappa shape index (κ1) is 16.9. The summed E-state index contributed by atoms with van der Waals surface area (Å²) in [6.45, 7) is 8.13. The molecule has 0 radical (unpaired) electrons. The number of allylic oxidation sites excluding steroid dienone is 1. The molecule has 0 aliphatic heterocycles. The highest BCUT2D eigenvalue weighted by Crippen LogP contribution is 2.36. The van der Waals surface area contributed by atoms with Gasteiger partial charge >= 0.3 is 5.97 Å². The lowest BCUT2D eigenvalue weighted by Crippen LogP contribution is -2.36. The second-order valence-electron chi connectivity index (χ2n) is 5.98. The number of nitrogens with zero attached hydrogens (tertiary/aromatic N) is 1. The van der Waals surface area contributed by atoms with Gasteiger partial charge in [0.15, 0.2) is 0 Å². The zero-order valence-corrected chi connectivity index (χ0v) is 13.5. The molecule has 1 aliphatic rings. The van der Waals surface area contributed by atoms with Gasteiger partial charge in [0, 0.05) is 5.70 Å². The second kappa shape index (κ2) is 7.58. The van der Waals surface area contributed by atoms with E-state index in [1.165, 1.54) is 6.42 Å². The third kappa shape index (κ3) is 4.45. The van der Waals surface area contributed by atoms with E-state index < -0.39 is 5.97 Å². The SMILES string of the molecule is CC(N)=C(SC#N)C(=O)OC1CC(C)CCC1C(C)C. The lowest BCUT2D eigenvalue weighted by molar-refractivity contribution is -0.150. The second-order valence-corrected chi connectivity index (χ2v) is 6.77. The number of carbonyl (C=O) groups is 1. The lowest BCUT2D eigenvalue weighted by Gasteiger charge is -2.36. The van der Waals surface area contributed by atoms with E-state index in [1.54, 1.807) is 6.92 Å². The van der Waals surface area contributed by atoms with Crippen LogP contribution in [-0.2, 0) is 9.53 Å². The quantitative estimate of drug-likeness (QED) is 0.489. The molecule has 3 unspecified atom stereocenters. The average Bonchev–Trinajstić information content (AvgIpc) is 2.34. The molecule has 3 atom stereocenters. The molecule has 112 valence electrons. The summed E-state index contributed by atoms with van der Waals surface area (Å²) in [6, 6.07) is 0. The molecule has 0 bridgehead atoms. The number of ether oxygens (including phenoxy) is 1. The number of rotatable bonds is 4. The summed E-state index contributed by atoms with van der Waals surface area (Å²) in [7, 11) is 0. The van der Waals surface area contributed by atoms with Crippen LogP contribution in [0, 0.1) is 28.4 Å². The molecule has 0 aromatic rings. The maximum atomic E-state index is 12.2. The number of nitriles is 1. The van der Waals surface area contributed by atoms with Gasteiger partial charge in [-0.3, -0.25) is 0 Å². The number of thioether (sulfide) groups is 1. The number of nitrogens with two attached hydrogens (primary N) is 1. The van der Waals surface area contributed by atoms with Crippen molar-refractivity contribution in [1.82, 2.24) is 0 Å². The molecule has 1 aliphatic carbocycles. The first-order chi connectivity index (χ1) is 9.36. The fourth-order valence-electron chi connectivity index (χ4n) is 2.77. The van der Waals surface area contributed by atoms with Crippen molar-refractivity contribution < 1.29 is 9.53 Å². The molecule has 1 saturated carbocycles. The predicted octanol–water partition coefficient (Wildman–Crippen LogP) is 3.39. The van der Waals surface area contributed by atoms with Crippen LogP contribution in [-0.4, -0.2) is 12.1 Å². The summed E-state index contributed by atoms with van der Waals surface area (Å²) in [6.07, 6.45) is 3.09. The Bertz CT molecular complexity index is 422. The highest BCUT2D eigenvalue weighted by atomic mass is 32.2. The number of thiocyanates is 1. The zero-order valence-electron chi connectivity index (χ0n) is 12.7. The summed E-state index contributed by atoms with van der Waals surface area (Å²) in [4.78, 5) is 12.4. The zero-order chi connectivity index (χ0) is 15.3. The van der Waals surface area contributed by atoms with E-state index in [2.05, 4.69) is 20.8 Å². The van der Waals surface area contributed by atoms with Gasteiger partial charge in [-0.15, -0.1) is 0 Å². The van der Waals surface area contributed by atoms with Crippen molar-refractivity contribution in [2.24, 2.45) is 23.5 Å². The molecular formula is C15H24N2O2S. The highest BCUT2D eigenvalue weighted by Gasteiger charge is 2.34. The molecular weight excluding hydrogens is 272 g/mol. The van der Waals surface area contributed by atoms with Gasteiger partial charge in [0.25, 0.3) is 0 Å². The Hall–Kier alpha value is -1.15.